The molecule has 0 atom stereocenters. The third-order valence-electron chi connectivity index (χ3n) is 3.94. The van der Waals surface area contributed by atoms with Crippen molar-refractivity contribution in [2.75, 3.05) is 13.7 Å². The van der Waals surface area contributed by atoms with Crippen LogP contribution in [0.2, 0.25) is 0 Å². The van der Waals surface area contributed by atoms with Crippen LogP contribution in [0.25, 0.3) is 0 Å². The fraction of sp³-hybridized carbons (Fsp3) is 0.562. The molecule has 1 aromatic carbocycles. The number of hydrogen-bond acceptors (Lipinski definition) is 4. The molecule has 0 heterocycles. The molecular weight excluding hydrogens is 254 g/mol. The monoisotopic (exact) mass is 277 g/mol. The first-order valence-corrected chi connectivity index (χ1v) is 7.23. The molecular formula is C16H23NO3. The van der Waals surface area contributed by atoms with Crippen LogP contribution in [0.3, 0.4) is 0 Å². The molecule has 110 valence electrons. The Kier molecular flexibility index (Phi) is 5.15. The van der Waals surface area contributed by atoms with E-state index in [1.54, 1.807) is 12.1 Å². The number of ether oxygens (including phenoxy) is 1. The first-order chi connectivity index (χ1) is 9.63. The molecule has 1 saturated carbocycles. The number of carbonyl (C=O) groups is 1. The molecule has 20 heavy (non-hydrogen) atoms. The Balaban J connectivity index is 1.80. The highest BCUT2D eigenvalue weighted by Gasteiger charge is 2.28. The van der Waals surface area contributed by atoms with Crippen LogP contribution in [0, 0.1) is 0 Å². The normalized spacial score (nSPS) is 17.7. The van der Waals surface area contributed by atoms with Gasteiger partial charge in [-0.15, -0.1) is 0 Å². The van der Waals surface area contributed by atoms with E-state index in [9.17, 15) is 9.90 Å². The highest BCUT2D eigenvalue weighted by molar-refractivity contribution is 5.89. The lowest BCUT2D eigenvalue weighted by Gasteiger charge is -2.32. The Bertz CT molecular complexity index is 436. The van der Waals surface area contributed by atoms with E-state index in [-0.39, 0.29) is 5.97 Å². The smallest absolute Gasteiger partial charge is 0.337 e. The molecule has 4 heteroatoms. The first kappa shape index (κ1) is 15.0. The summed E-state index contributed by atoms with van der Waals surface area (Å²) in [6.45, 7) is 1.33. The van der Waals surface area contributed by atoms with E-state index < -0.39 is 5.60 Å². The maximum Gasteiger partial charge on any atom is 0.337 e. The standard InChI is InChI=1S/C16H23NO3/c1-20-15(18)14-7-5-13(6-8-14)11-17-12-16(19)9-3-2-4-10-16/h5-8,17,19H,2-4,9-12H2,1H3. The second kappa shape index (κ2) is 6.86. The highest BCUT2D eigenvalue weighted by atomic mass is 16.5. The van der Waals surface area contributed by atoms with Gasteiger partial charge in [0.1, 0.15) is 0 Å². The predicted molar refractivity (Wildman–Crippen MR) is 77.5 cm³/mol. The van der Waals surface area contributed by atoms with Crippen molar-refractivity contribution in [2.24, 2.45) is 0 Å². The van der Waals surface area contributed by atoms with Gasteiger partial charge < -0.3 is 15.2 Å². The molecule has 2 rings (SSSR count). The number of aliphatic hydroxyl groups is 1. The molecule has 0 spiro atoms. The minimum absolute atomic E-state index is 0.318. The van der Waals surface area contributed by atoms with Gasteiger partial charge in [0, 0.05) is 13.1 Å². The van der Waals surface area contributed by atoms with E-state index in [1.165, 1.54) is 13.5 Å². The lowest BCUT2D eigenvalue weighted by atomic mass is 9.85. The topological polar surface area (TPSA) is 58.6 Å². The molecule has 2 N–H and O–H groups in total. The molecule has 0 saturated heterocycles. The number of rotatable bonds is 5. The van der Waals surface area contributed by atoms with E-state index in [2.05, 4.69) is 10.1 Å². The average Bonchev–Trinajstić information content (AvgIpc) is 2.48. The molecule has 1 fully saturated rings. The van der Waals surface area contributed by atoms with Crippen LogP contribution < -0.4 is 5.32 Å². The van der Waals surface area contributed by atoms with E-state index in [0.717, 1.165) is 31.2 Å². The van der Waals surface area contributed by atoms with Crippen molar-refractivity contribution in [3.05, 3.63) is 35.4 Å². The fourth-order valence-electron chi connectivity index (χ4n) is 2.70. The summed E-state index contributed by atoms with van der Waals surface area (Å²) in [5, 5.41) is 13.7. The summed E-state index contributed by atoms with van der Waals surface area (Å²) in [5.41, 5.74) is 1.11. The highest BCUT2D eigenvalue weighted by Crippen LogP contribution is 2.27. The molecule has 0 unspecified atom stereocenters. The Morgan fingerprint density at radius 3 is 2.50 bits per heavy atom. The van der Waals surface area contributed by atoms with Crippen molar-refractivity contribution >= 4 is 5.97 Å². The summed E-state index contributed by atoms with van der Waals surface area (Å²) in [4.78, 5) is 11.3. The Morgan fingerprint density at radius 2 is 1.90 bits per heavy atom. The van der Waals surface area contributed by atoms with Gasteiger partial charge in [0.15, 0.2) is 0 Å². The van der Waals surface area contributed by atoms with Gasteiger partial charge in [0.2, 0.25) is 0 Å². The Hall–Kier alpha value is -1.39. The molecule has 0 amide bonds. The molecule has 1 aliphatic rings. The zero-order chi connectivity index (χ0) is 14.4. The minimum atomic E-state index is -0.537. The molecule has 4 nitrogen and oxygen atoms in total. The summed E-state index contributed by atoms with van der Waals surface area (Å²) >= 11 is 0. The second-order valence-electron chi connectivity index (χ2n) is 5.58. The van der Waals surface area contributed by atoms with Gasteiger partial charge in [-0.1, -0.05) is 31.4 Å². The first-order valence-electron chi connectivity index (χ1n) is 7.23. The van der Waals surface area contributed by atoms with Crippen LogP contribution in [0.4, 0.5) is 0 Å². The summed E-state index contributed by atoms with van der Waals surface area (Å²) < 4.78 is 4.66. The molecule has 0 radical (unpaired) electrons. The predicted octanol–water partition coefficient (Wildman–Crippen LogP) is 2.26. The van der Waals surface area contributed by atoms with E-state index >= 15 is 0 Å². The van der Waals surface area contributed by atoms with E-state index in [1.807, 2.05) is 12.1 Å². The van der Waals surface area contributed by atoms with Gasteiger partial charge in [-0.2, -0.15) is 0 Å². The third-order valence-corrected chi connectivity index (χ3v) is 3.94. The van der Waals surface area contributed by atoms with Crippen molar-refractivity contribution in [3.8, 4) is 0 Å². The van der Waals surface area contributed by atoms with Crippen LogP contribution in [-0.4, -0.2) is 30.3 Å². The zero-order valence-corrected chi connectivity index (χ0v) is 12.0. The number of hydrogen-bond donors (Lipinski definition) is 2. The Morgan fingerprint density at radius 1 is 1.25 bits per heavy atom. The van der Waals surface area contributed by atoms with Crippen LogP contribution in [0.15, 0.2) is 24.3 Å². The molecule has 1 aromatic rings. The Labute approximate surface area is 120 Å². The fourth-order valence-corrected chi connectivity index (χ4v) is 2.70. The summed E-state index contributed by atoms with van der Waals surface area (Å²) in [7, 11) is 1.38. The maximum atomic E-state index is 11.3. The van der Waals surface area contributed by atoms with Crippen molar-refractivity contribution < 1.29 is 14.6 Å². The molecule has 1 aliphatic carbocycles. The van der Waals surface area contributed by atoms with Crippen LogP contribution in [0.1, 0.15) is 48.0 Å². The van der Waals surface area contributed by atoms with Gasteiger partial charge in [0.05, 0.1) is 18.3 Å². The largest absolute Gasteiger partial charge is 0.465 e. The van der Waals surface area contributed by atoms with E-state index in [4.69, 9.17) is 0 Å². The van der Waals surface area contributed by atoms with Crippen molar-refractivity contribution in [3.63, 3.8) is 0 Å². The second-order valence-corrected chi connectivity index (χ2v) is 5.58. The number of nitrogens with one attached hydrogen (secondary N) is 1. The lowest BCUT2D eigenvalue weighted by Crippen LogP contribution is -2.41. The van der Waals surface area contributed by atoms with Crippen molar-refractivity contribution in [2.45, 2.75) is 44.2 Å². The van der Waals surface area contributed by atoms with Gasteiger partial charge in [-0.05, 0) is 30.5 Å². The number of carbonyl (C=O) groups excluding carboxylic acids is 1. The number of methoxy groups -OCH3 is 1. The SMILES string of the molecule is COC(=O)c1ccc(CNCC2(O)CCCCC2)cc1. The van der Waals surface area contributed by atoms with Gasteiger partial charge >= 0.3 is 5.97 Å². The van der Waals surface area contributed by atoms with Crippen LogP contribution >= 0.6 is 0 Å². The molecule has 0 aliphatic heterocycles. The number of benzene rings is 1. The van der Waals surface area contributed by atoms with Crippen molar-refractivity contribution in [1.29, 1.82) is 0 Å². The van der Waals surface area contributed by atoms with Gasteiger partial charge in [0.25, 0.3) is 0 Å². The lowest BCUT2D eigenvalue weighted by molar-refractivity contribution is 0.00467. The summed E-state index contributed by atoms with van der Waals surface area (Å²) in [6.07, 6.45) is 5.25. The van der Waals surface area contributed by atoms with Crippen molar-refractivity contribution in [1.82, 2.24) is 5.32 Å². The molecule has 0 aromatic heterocycles. The maximum absolute atomic E-state index is 11.3. The van der Waals surface area contributed by atoms with Gasteiger partial charge in [-0.25, -0.2) is 4.79 Å². The number of esters is 1. The summed E-state index contributed by atoms with van der Waals surface area (Å²) in [5.74, 6) is -0.318. The van der Waals surface area contributed by atoms with E-state index in [0.29, 0.717) is 18.7 Å². The van der Waals surface area contributed by atoms with Crippen LogP contribution in [0.5, 0.6) is 0 Å². The van der Waals surface area contributed by atoms with Crippen LogP contribution in [-0.2, 0) is 11.3 Å². The average molecular weight is 277 g/mol. The molecule has 0 bridgehead atoms. The summed E-state index contributed by atoms with van der Waals surface area (Å²) in [6, 6.07) is 7.34. The van der Waals surface area contributed by atoms with Gasteiger partial charge in [-0.3, -0.25) is 0 Å². The third kappa shape index (κ3) is 4.05. The quantitative estimate of drug-likeness (QED) is 0.811. The minimum Gasteiger partial charge on any atom is -0.465 e. The zero-order valence-electron chi connectivity index (χ0n) is 12.0.